The van der Waals surface area contributed by atoms with Crippen LogP contribution >= 0.6 is 0 Å². The fourth-order valence-corrected chi connectivity index (χ4v) is 3.40. The van der Waals surface area contributed by atoms with Crippen molar-refractivity contribution in [2.45, 2.75) is 32.7 Å². The van der Waals surface area contributed by atoms with Crippen LogP contribution in [0.1, 0.15) is 42.9 Å². The lowest BCUT2D eigenvalue weighted by Gasteiger charge is -2.12. The van der Waals surface area contributed by atoms with Gasteiger partial charge in [0.2, 0.25) is 5.95 Å². The molecule has 1 N–H and O–H groups in total. The molecule has 27 heavy (non-hydrogen) atoms. The standard InChI is InChI=1S/C23H24N4/c1-2-3-9-14-24-23-26-16-18-15-25-21(17-10-5-4-6-11-17)19-12-7-8-13-20(19)22(18)27-23/h4-8,10-13,16H,2-3,9,14-15H2,1H3,(H,24,26,27). The van der Waals surface area contributed by atoms with Crippen molar-refractivity contribution in [2.75, 3.05) is 11.9 Å². The van der Waals surface area contributed by atoms with Gasteiger partial charge in [0, 0.05) is 35.0 Å². The van der Waals surface area contributed by atoms with Gasteiger partial charge in [-0.1, -0.05) is 74.4 Å². The normalized spacial score (nSPS) is 12.6. The molecule has 0 bridgehead atoms. The van der Waals surface area contributed by atoms with E-state index in [9.17, 15) is 0 Å². The SMILES string of the molecule is CCCCCNc1ncc2c(n1)-c1ccccc1C(c1ccccc1)=NC2. The predicted octanol–water partition coefficient (Wildman–Crippen LogP) is 5.10. The summed E-state index contributed by atoms with van der Waals surface area (Å²) in [7, 11) is 0. The number of fused-ring (bicyclic) bond motifs is 3. The Kier molecular flexibility index (Phi) is 5.24. The largest absolute Gasteiger partial charge is 0.354 e. The zero-order chi connectivity index (χ0) is 18.5. The topological polar surface area (TPSA) is 50.2 Å². The van der Waals surface area contributed by atoms with Crippen LogP contribution in [0.15, 0.2) is 65.8 Å². The van der Waals surface area contributed by atoms with Gasteiger partial charge < -0.3 is 5.32 Å². The molecule has 2 heterocycles. The van der Waals surface area contributed by atoms with Gasteiger partial charge in [-0.05, 0) is 6.42 Å². The van der Waals surface area contributed by atoms with E-state index in [2.05, 4.69) is 65.8 Å². The van der Waals surface area contributed by atoms with Crippen LogP contribution in [0.5, 0.6) is 0 Å². The molecule has 2 aromatic carbocycles. The molecule has 136 valence electrons. The number of nitrogens with zero attached hydrogens (tertiary/aromatic N) is 3. The van der Waals surface area contributed by atoms with E-state index in [-0.39, 0.29) is 0 Å². The van der Waals surface area contributed by atoms with Crippen molar-refractivity contribution >= 4 is 11.7 Å². The number of benzene rings is 2. The van der Waals surface area contributed by atoms with Crippen molar-refractivity contribution in [2.24, 2.45) is 4.99 Å². The molecular weight excluding hydrogens is 332 g/mol. The molecule has 1 aliphatic heterocycles. The number of anilines is 1. The maximum atomic E-state index is 4.91. The molecular formula is C23H24N4. The van der Waals surface area contributed by atoms with Crippen molar-refractivity contribution < 1.29 is 0 Å². The summed E-state index contributed by atoms with van der Waals surface area (Å²) in [6.07, 6.45) is 5.47. The van der Waals surface area contributed by atoms with Crippen LogP contribution in [0.2, 0.25) is 0 Å². The Hall–Kier alpha value is -3.01. The van der Waals surface area contributed by atoms with Crippen LogP contribution in [0, 0.1) is 0 Å². The molecule has 0 saturated heterocycles. The lowest BCUT2D eigenvalue weighted by atomic mass is 9.95. The van der Waals surface area contributed by atoms with E-state index in [1.165, 1.54) is 12.8 Å². The van der Waals surface area contributed by atoms with Gasteiger partial charge in [0.05, 0.1) is 18.0 Å². The first-order chi connectivity index (χ1) is 13.4. The van der Waals surface area contributed by atoms with Crippen molar-refractivity contribution in [1.82, 2.24) is 9.97 Å². The highest BCUT2D eigenvalue weighted by Gasteiger charge is 2.20. The zero-order valence-corrected chi connectivity index (χ0v) is 15.7. The second-order valence-corrected chi connectivity index (χ2v) is 6.78. The van der Waals surface area contributed by atoms with Crippen LogP contribution in [0.25, 0.3) is 11.3 Å². The molecule has 0 radical (unpaired) electrons. The third-order valence-corrected chi connectivity index (χ3v) is 4.82. The van der Waals surface area contributed by atoms with E-state index in [0.717, 1.165) is 46.6 Å². The van der Waals surface area contributed by atoms with Gasteiger partial charge >= 0.3 is 0 Å². The van der Waals surface area contributed by atoms with Gasteiger partial charge in [-0.2, -0.15) is 0 Å². The Morgan fingerprint density at radius 3 is 2.52 bits per heavy atom. The summed E-state index contributed by atoms with van der Waals surface area (Å²) in [5.74, 6) is 0.697. The van der Waals surface area contributed by atoms with Crippen molar-refractivity contribution in [3.63, 3.8) is 0 Å². The van der Waals surface area contributed by atoms with Crippen LogP contribution in [0.3, 0.4) is 0 Å². The first-order valence-corrected chi connectivity index (χ1v) is 9.66. The number of unbranched alkanes of at least 4 members (excludes halogenated alkanes) is 2. The maximum absolute atomic E-state index is 4.91. The highest BCUT2D eigenvalue weighted by molar-refractivity contribution is 6.16. The lowest BCUT2D eigenvalue weighted by Crippen LogP contribution is -2.07. The molecule has 4 rings (SSSR count). The molecule has 0 saturated carbocycles. The number of hydrogen-bond acceptors (Lipinski definition) is 4. The van der Waals surface area contributed by atoms with E-state index < -0.39 is 0 Å². The number of aromatic nitrogens is 2. The molecule has 0 aliphatic carbocycles. The Bertz CT molecular complexity index is 948. The Morgan fingerprint density at radius 1 is 0.926 bits per heavy atom. The second-order valence-electron chi connectivity index (χ2n) is 6.78. The van der Waals surface area contributed by atoms with E-state index in [1.54, 1.807) is 0 Å². The number of nitrogens with one attached hydrogen (secondary N) is 1. The van der Waals surface area contributed by atoms with Crippen molar-refractivity contribution in [3.05, 3.63) is 77.5 Å². The molecule has 1 aromatic heterocycles. The van der Waals surface area contributed by atoms with Gasteiger partial charge in [-0.25, -0.2) is 9.97 Å². The third-order valence-electron chi connectivity index (χ3n) is 4.82. The molecule has 0 unspecified atom stereocenters. The van der Waals surface area contributed by atoms with Gasteiger partial charge in [-0.15, -0.1) is 0 Å². The molecule has 0 fully saturated rings. The molecule has 3 aromatic rings. The van der Waals surface area contributed by atoms with Crippen LogP contribution < -0.4 is 5.32 Å². The number of aliphatic imine (C=N–C) groups is 1. The number of rotatable bonds is 6. The Balaban J connectivity index is 1.72. The van der Waals surface area contributed by atoms with Crippen molar-refractivity contribution in [3.8, 4) is 11.3 Å². The monoisotopic (exact) mass is 356 g/mol. The van der Waals surface area contributed by atoms with Gasteiger partial charge in [0.1, 0.15) is 0 Å². The number of hydrogen-bond donors (Lipinski definition) is 1. The van der Waals surface area contributed by atoms with E-state index in [0.29, 0.717) is 12.5 Å². The molecule has 1 aliphatic rings. The average Bonchev–Trinajstić information content (AvgIpc) is 2.89. The lowest BCUT2D eigenvalue weighted by molar-refractivity contribution is 0.740. The summed E-state index contributed by atoms with van der Waals surface area (Å²) in [6, 6.07) is 18.7. The highest BCUT2D eigenvalue weighted by atomic mass is 15.1. The highest BCUT2D eigenvalue weighted by Crippen LogP contribution is 2.31. The zero-order valence-electron chi connectivity index (χ0n) is 15.7. The summed E-state index contributed by atoms with van der Waals surface area (Å²) in [6.45, 7) is 3.70. The third kappa shape index (κ3) is 3.75. The second kappa shape index (κ2) is 8.12. The summed E-state index contributed by atoms with van der Waals surface area (Å²) in [5.41, 5.74) is 6.43. The molecule has 0 amide bonds. The molecule has 0 atom stereocenters. The van der Waals surface area contributed by atoms with Gasteiger partial charge in [0.25, 0.3) is 0 Å². The summed E-state index contributed by atoms with van der Waals surface area (Å²) >= 11 is 0. The minimum absolute atomic E-state index is 0.588. The van der Waals surface area contributed by atoms with E-state index >= 15 is 0 Å². The van der Waals surface area contributed by atoms with Crippen LogP contribution in [-0.4, -0.2) is 22.2 Å². The quantitative estimate of drug-likeness (QED) is 0.625. The first kappa shape index (κ1) is 17.4. The van der Waals surface area contributed by atoms with Crippen LogP contribution in [-0.2, 0) is 6.54 Å². The fourth-order valence-electron chi connectivity index (χ4n) is 3.40. The Morgan fingerprint density at radius 2 is 1.70 bits per heavy atom. The minimum Gasteiger partial charge on any atom is -0.354 e. The van der Waals surface area contributed by atoms with Gasteiger partial charge in [-0.3, -0.25) is 4.99 Å². The predicted molar refractivity (Wildman–Crippen MR) is 111 cm³/mol. The van der Waals surface area contributed by atoms with Crippen LogP contribution in [0.4, 0.5) is 5.95 Å². The molecule has 4 heteroatoms. The van der Waals surface area contributed by atoms with E-state index in [4.69, 9.17) is 9.98 Å². The average molecular weight is 356 g/mol. The molecule has 0 spiro atoms. The summed E-state index contributed by atoms with van der Waals surface area (Å²) in [5, 5.41) is 3.36. The van der Waals surface area contributed by atoms with Crippen molar-refractivity contribution in [1.29, 1.82) is 0 Å². The fraction of sp³-hybridized carbons (Fsp3) is 0.261. The van der Waals surface area contributed by atoms with Gasteiger partial charge in [0.15, 0.2) is 0 Å². The smallest absolute Gasteiger partial charge is 0.223 e. The summed E-state index contributed by atoms with van der Waals surface area (Å²) < 4.78 is 0. The summed E-state index contributed by atoms with van der Waals surface area (Å²) in [4.78, 5) is 14.3. The Labute approximate surface area is 160 Å². The van der Waals surface area contributed by atoms with E-state index in [1.807, 2.05) is 12.3 Å². The minimum atomic E-state index is 0.588. The molecule has 4 nitrogen and oxygen atoms in total. The maximum Gasteiger partial charge on any atom is 0.223 e. The first-order valence-electron chi connectivity index (χ1n) is 9.66.